The molecule has 20 heavy (non-hydrogen) atoms. The van der Waals surface area contributed by atoms with Gasteiger partial charge in [0.05, 0.1) is 6.61 Å². The van der Waals surface area contributed by atoms with Gasteiger partial charge >= 0.3 is 11.9 Å². The Morgan fingerprint density at radius 1 is 1.15 bits per heavy atom. The quantitative estimate of drug-likeness (QED) is 0.367. The number of esters is 2. The van der Waals surface area contributed by atoms with Gasteiger partial charge in [-0.2, -0.15) is 0 Å². The third-order valence-corrected chi connectivity index (χ3v) is 3.00. The zero-order valence-electron chi connectivity index (χ0n) is 13.2. The zero-order chi connectivity index (χ0) is 15.8. The van der Waals surface area contributed by atoms with E-state index in [9.17, 15) is 9.59 Å². The average Bonchev–Trinajstić information content (AvgIpc) is 2.41. The van der Waals surface area contributed by atoms with E-state index in [-0.39, 0.29) is 0 Å². The summed E-state index contributed by atoms with van der Waals surface area (Å²) in [4.78, 5) is 23.7. The molecule has 0 aliphatic carbocycles. The van der Waals surface area contributed by atoms with Crippen LogP contribution in [-0.2, 0) is 28.5 Å². The third kappa shape index (κ3) is 6.86. The number of carbonyl (C=O) groups is 2. The summed E-state index contributed by atoms with van der Waals surface area (Å²) < 4.78 is 20.2. The van der Waals surface area contributed by atoms with E-state index in [2.05, 4.69) is 0 Å². The molecule has 0 bridgehead atoms. The Hall–Kier alpha value is -1.14. The first-order chi connectivity index (χ1) is 9.27. The largest absolute Gasteiger partial charge is 0.459 e. The molecular weight excluding hydrogens is 264 g/mol. The molecule has 0 spiro atoms. The monoisotopic (exact) mass is 290 g/mol. The molecule has 6 heteroatoms. The van der Waals surface area contributed by atoms with Crippen molar-refractivity contribution in [2.45, 2.75) is 52.4 Å². The molecule has 0 heterocycles. The Morgan fingerprint density at radius 2 is 1.75 bits per heavy atom. The molecule has 0 radical (unpaired) electrons. The van der Waals surface area contributed by atoms with Gasteiger partial charge in [-0.3, -0.25) is 9.59 Å². The lowest BCUT2D eigenvalue weighted by Gasteiger charge is -2.25. The first-order valence-electron chi connectivity index (χ1n) is 6.72. The smallest absolute Gasteiger partial charge is 0.322 e. The van der Waals surface area contributed by atoms with Crippen molar-refractivity contribution in [1.82, 2.24) is 0 Å². The fraction of sp³-hybridized carbons (Fsp3) is 0.857. The van der Waals surface area contributed by atoms with Crippen LogP contribution in [0.5, 0.6) is 0 Å². The Bertz CT molecular complexity index is 313. The SMILES string of the molecule is CCC(C)(C)OC(=O)C(C)C(=O)OC(CCOC)OC. The van der Waals surface area contributed by atoms with Gasteiger partial charge in [-0.25, -0.2) is 0 Å². The van der Waals surface area contributed by atoms with Gasteiger partial charge in [-0.15, -0.1) is 0 Å². The van der Waals surface area contributed by atoms with Crippen molar-refractivity contribution in [3.8, 4) is 0 Å². The molecule has 2 unspecified atom stereocenters. The van der Waals surface area contributed by atoms with Crippen LogP contribution in [0.25, 0.3) is 0 Å². The summed E-state index contributed by atoms with van der Waals surface area (Å²) in [6, 6.07) is 0. The normalized spacial score (nSPS) is 14.5. The van der Waals surface area contributed by atoms with E-state index in [1.54, 1.807) is 21.0 Å². The van der Waals surface area contributed by atoms with E-state index in [0.29, 0.717) is 19.4 Å². The minimum Gasteiger partial charge on any atom is -0.459 e. The van der Waals surface area contributed by atoms with Crippen LogP contribution in [0.1, 0.15) is 40.5 Å². The van der Waals surface area contributed by atoms with Crippen LogP contribution < -0.4 is 0 Å². The van der Waals surface area contributed by atoms with Crippen LogP contribution in [0, 0.1) is 5.92 Å². The molecule has 2 atom stereocenters. The highest BCUT2D eigenvalue weighted by molar-refractivity contribution is 5.94. The highest BCUT2D eigenvalue weighted by Gasteiger charge is 2.31. The number of hydrogen-bond acceptors (Lipinski definition) is 6. The number of rotatable bonds is 9. The molecule has 0 rings (SSSR count). The Balaban J connectivity index is 4.42. The van der Waals surface area contributed by atoms with Gasteiger partial charge in [-0.1, -0.05) is 6.92 Å². The van der Waals surface area contributed by atoms with Gasteiger partial charge in [0.2, 0.25) is 6.29 Å². The van der Waals surface area contributed by atoms with Crippen molar-refractivity contribution in [2.75, 3.05) is 20.8 Å². The van der Waals surface area contributed by atoms with Gasteiger partial charge in [0, 0.05) is 20.6 Å². The van der Waals surface area contributed by atoms with Gasteiger partial charge < -0.3 is 18.9 Å². The molecule has 0 saturated carbocycles. The van der Waals surface area contributed by atoms with Gasteiger partial charge in [0.25, 0.3) is 0 Å². The molecule has 118 valence electrons. The summed E-state index contributed by atoms with van der Waals surface area (Å²) in [6.45, 7) is 7.34. The first-order valence-corrected chi connectivity index (χ1v) is 6.72. The third-order valence-electron chi connectivity index (χ3n) is 3.00. The molecule has 0 aliphatic rings. The summed E-state index contributed by atoms with van der Waals surface area (Å²) in [6.07, 6.45) is 0.340. The topological polar surface area (TPSA) is 71.1 Å². The van der Waals surface area contributed by atoms with Crippen molar-refractivity contribution < 1.29 is 28.5 Å². The number of methoxy groups -OCH3 is 2. The number of ether oxygens (including phenoxy) is 4. The van der Waals surface area contributed by atoms with E-state index in [0.717, 1.165) is 0 Å². The Morgan fingerprint density at radius 3 is 2.20 bits per heavy atom. The fourth-order valence-corrected chi connectivity index (χ4v) is 1.20. The van der Waals surface area contributed by atoms with Gasteiger partial charge in [0.1, 0.15) is 5.60 Å². The minimum atomic E-state index is -0.985. The fourth-order valence-electron chi connectivity index (χ4n) is 1.20. The summed E-state index contributed by atoms with van der Waals surface area (Å²) in [5.74, 6) is -2.24. The molecule has 0 aromatic heterocycles. The van der Waals surface area contributed by atoms with Crippen LogP contribution in [-0.4, -0.2) is 44.7 Å². The summed E-state index contributed by atoms with van der Waals surface area (Å²) in [5.41, 5.74) is -0.595. The predicted molar refractivity (Wildman–Crippen MR) is 73.0 cm³/mol. The second-order valence-corrected chi connectivity index (χ2v) is 5.14. The number of carbonyl (C=O) groups excluding carboxylic acids is 2. The maximum absolute atomic E-state index is 11.9. The van der Waals surface area contributed by atoms with Crippen molar-refractivity contribution in [3.05, 3.63) is 0 Å². The van der Waals surface area contributed by atoms with Crippen molar-refractivity contribution in [2.24, 2.45) is 5.92 Å². The van der Waals surface area contributed by atoms with Crippen LogP contribution in [0.15, 0.2) is 0 Å². The Labute approximate surface area is 120 Å². The maximum Gasteiger partial charge on any atom is 0.322 e. The molecule has 0 amide bonds. The Kier molecular flexibility index (Phi) is 8.41. The van der Waals surface area contributed by atoms with Gasteiger partial charge in [0.15, 0.2) is 5.92 Å². The zero-order valence-corrected chi connectivity index (χ0v) is 13.2. The van der Waals surface area contributed by atoms with Crippen molar-refractivity contribution >= 4 is 11.9 Å². The first kappa shape index (κ1) is 18.9. The lowest BCUT2D eigenvalue weighted by atomic mass is 10.1. The van der Waals surface area contributed by atoms with E-state index < -0.39 is 29.7 Å². The number of hydrogen-bond donors (Lipinski definition) is 0. The molecule has 0 aromatic rings. The van der Waals surface area contributed by atoms with Crippen LogP contribution in [0.4, 0.5) is 0 Å². The second kappa shape index (κ2) is 8.92. The summed E-state index contributed by atoms with van der Waals surface area (Å²) >= 11 is 0. The molecule has 0 fully saturated rings. The second-order valence-electron chi connectivity index (χ2n) is 5.14. The molecule has 0 aliphatic heterocycles. The molecule has 0 N–H and O–H groups in total. The molecule has 0 saturated heterocycles. The van der Waals surface area contributed by atoms with E-state index >= 15 is 0 Å². The predicted octanol–water partition coefficient (Wildman–Crippen LogP) is 1.91. The molecular formula is C14H26O6. The van der Waals surface area contributed by atoms with E-state index in [1.165, 1.54) is 14.0 Å². The summed E-state index contributed by atoms with van der Waals surface area (Å²) in [5, 5.41) is 0. The van der Waals surface area contributed by atoms with Gasteiger partial charge in [-0.05, 0) is 27.2 Å². The molecule has 6 nitrogen and oxygen atoms in total. The molecule has 0 aromatic carbocycles. The standard InChI is InChI=1S/C14H26O6/c1-7-14(3,4)20-13(16)10(2)12(15)19-11(18-6)8-9-17-5/h10-11H,7-9H2,1-6H3. The lowest BCUT2D eigenvalue weighted by Crippen LogP contribution is -2.35. The summed E-state index contributed by atoms with van der Waals surface area (Å²) in [7, 11) is 2.97. The lowest BCUT2D eigenvalue weighted by molar-refractivity contribution is -0.187. The van der Waals surface area contributed by atoms with Crippen molar-refractivity contribution in [3.63, 3.8) is 0 Å². The van der Waals surface area contributed by atoms with E-state index in [1.807, 2.05) is 6.92 Å². The highest BCUT2D eigenvalue weighted by atomic mass is 16.7. The average molecular weight is 290 g/mol. The maximum atomic E-state index is 11.9. The highest BCUT2D eigenvalue weighted by Crippen LogP contribution is 2.17. The van der Waals surface area contributed by atoms with Crippen LogP contribution >= 0.6 is 0 Å². The van der Waals surface area contributed by atoms with Crippen molar-refractivity contribution in [1.29, 1.82) is 0 Å². The van der Waals surface area contributed by atoms with Crippen LogP contribution in [0.2, 0.25) is 0 Å². The van der Waals surface area contributed by atoms with Crippen LogP contribution in [0.3, 0.4) is 0 Å². The minimum absolute atomic E-state index is 0.396. The van der Waals surface area contributed by atoms with E-state index in [4.69, 9.17) is 18.9 Å².